The SMILES string of the molecule is O=C(c1ccnc(F)c1)N1CCN(S(=O)(=O)c2ccc(F)c(F)c2)CC1. The van der Waals surface area contributed by atoms with E-state index in [2.05, 4.69) is 4.98 Å². The maximum Gasteiger partial charge on any atom is 0.254 e. The van der Waals surface area contributed by atoms with Gasteiger partial charge in [-0.3, -0.25) is 4.79 Å². The van der Waals surface area contributed by atoms with Gasteiger partial charge in [0, 0.05) is 44.0 Å². The zero-order valence-corrected chi connectivity index (χ0v) is 14.2. The van der Waals surface area contributed by atoms with Gasteiger partial charge in [0.1, 0.15) is 0 Å². The molecule has 2 heterocycles. The van der Waals surface area contributed by atoms with Gasteiger partial charge in [-0.05, 0) is 24.3 Å². The number of hydrogen-bond acceptors (Lipinski definition) is 4. The van der Waals surface area contributed by atoms with Gasteiger partial charge in [-0.25, -0.2) is 22.2 Å². The van der Waals surface area contributed by atoms with E-state index in [1.165, 1.54) is 17.2 Å². The van der Waals surface area contributed by atoms with Gasteiger partial charge >= 0.3 is 0 Å². The van der Waals surface area contributed by atoms with Crippen molar-refractivity contribution in [1.29, 1.82) is 0 Å². The Morgan fingerprint density at radius 1 is 0.962 bits per heavy atom. The van der Waals surface area contributed by atoms with Gasteiger partial charge in [0.2, 0.25) is 16.0 Å². The van der Waals surface area contributed by atoms with E-state index in [0.717, 1.165) is 22.5 Å². The number of benzene rings is 1. The number of pyridine rings is 1. The highest BCUT2D eigenvalue weighted by molar-refractivity contribution is 7.89. The first kappa shape index (κ1) is 18.3. The summed E-state index contributed by atoms with van der Waals surface area (Å²) in [5, 5.41) is 0. The Morgan fingerprint density at radius 2 is 1.65 bits per heavy atom. The Kier molecular flexibility index (Phi) is 4.97. The van der Waals surface area contributed by atoms with Crippen molar-refractivity contribution in [1.82, 2.24) is 14.2 Å². The molecule has 1 fully saturated rings. The van der Waals surface area contributed by atoms with Crippen LogP contribution in [0.2, 0.25) is 0 Å². The van der Waals surface area contributed by atoms with Crippen LogP contribution in [0.5, 0.6) is 0 Å². The molecule has 0 aliphatic carbocycles. The number of piperazine rings is 1. The molecule has 10 heteroatoms. The molecule has 0 saturated carbocycles. The van der Waals surface area contributed by atoms with Gasteiger partial charge < -0.3 is 4.90 Å². The van der Waals surface area contributed by atoms with Gasteiger partial charge in [0.05, 0.1) is 4.90 Å². The number of carbonyl (C=O) groups excluding carboxylic acids is 1. The summed E-state index contributed by atoms with van der Waals surface area (Å²) >= 11 is 0. The van der Waals surface area contributed by atoms with Gasteiger partial charge in [-0.15, -0.1) is 0 Å². The van der Waals surface area contributed by atoms with Crippen LogP contribution >= 0.6 is 0 Å². The minimum Gasteiger partial charge on any atom is -0.336 e. The molecule has 2 aromatic rings. The van der Waals surface area contributed by atoms with E-state index in [9.17, 15) is 26.4 Å². The Morgan fingerprint density at radius 3 is 2.27 bits per heavy atom. The van der Waals surface area contributed by atoms with Crippen LogP contribution in [0.25, 0.3) is 0 Å². The van der Waals surface area contributed by atoms with E-state index >= 15 is 0 Å². The minimum atomic E-state index is -4.00. The molecular weight excluding hydrogens is 371 g/mol. The molecule has 3 rings (SSSR count). The largest absolute Gasteiger partial charge is 0.336 e. The number of carbonyl (C=O) groups is 1. The van der Waals surface area contributed by atoms with Crippen LogP contribution < -0.4 is 0 Å². The van der Waals surface area contributed by atoms with Crippen molar-refractivity contribution in [2.45, 2.75) is 4.90 Å². The summed E-state index contributed by atoms with van der Waals surface area (Å²) < 4.78 is 65.6. The summed E-state index contributed by atoms with van der Waals surface area (Å²) in [5.74, 6) is -3.60. The van der Waals surface area contributed by atoms with Crippen molar-refractivity contribution in [3.8, 4) is 0 Å². The molecule has 0 bridgehead atoms. The summed E-state index contributed by atoms with van der Waals surface area (Å²) in [4.78, 5) is 16.7. The lowest BCUT2D eigenvalue weighted by Crippen LogP contribution is -2.50. The van der Waals surface area contributed by atoms with Gasteiger partial charge in [0.25, 0.3) is 5.91 Å². The van der Waals surface area contributed by atoms with E-state index < -0.39 is 33.5 Å². The fourth-order valence-electron chi connectivity index (χ4n) is 2.64. The number of aromatic nitrogens is 1. The lowest BCUT2D eigenvalue weighted by atomic mass is 10.2. The van der Waals surface area contributed by atoms with Crippen molar-refractivity contribution in [2.24, 2.45) is 0 Å². The molecule has 0 spiro atoms. The zero-order valence-electron chi connectivity index (χ0n) is 13.4. The van der Waals surface area contributed by atoms with Crippen molar-refractivity contribution < 1.29 is 26.4 Å². The summed E-state index contributed by atoms with van der Waals surface area (Å²) in [6.07, 6.45) is 1.17. The van der Waals surface area contributed by atoms with Crippen molar-refractivity contribution in [3.05, 3.63) is 59.7 Å². The predicted molar refractivity (Wildman–Crippen MR) is 85.2 cm³/mol. The Bertz CT molecular complexity index is 945. The van der Waals surface area contributed by atoms with Crippen molar-refractivity contribution >= 4 is 15.9 Å². The molecular formula is C16H14F3N3O3S. The van der Waals surface area contributed by atoms with E-state index in [-0.39, 0.29) is 36.6 Å². The third kappa shape index (κ3) is 3.56. The van der Waals surface area contributed by atoms with E-state index in [0.29, 0.717) is 6.07 Å². The van der Waals surface area contributed by atoms with Crippen LogP contribution in [0.15, 0.2) is 41.4 Å². The summed E-state index contributed by atoms with van der Waals surface area (Å²) in [7, 11) is -4.00. The van der Waals surface area contributed by atoms with E-state index in [1.54, 1.807) is 0 Å². The number of amides is 1. The Balaban J connectivity index is 1.71. The number of halogens is 3. The van der Waals surface area contributed by atoms with E-state index in [4.69, 9.17) is 0 Å². The minimum absolute atomic E-state index is 0.0133. The van der Waals surface area contributed by atoms with Crippen LogP contribution in [0, 0.1) is 17.6 Å². The first-order valence-corrected chi connectivity index (χ1v) is 9.09. The molecule has 6 nitrogen and oxygen atoms in total. The topological polar surface area (TPSA) is 70.6 Å². The second kappa shape index (κ2) is 7.04. The second-order valence-electron chi connectivity index (χ2n) is 5.64. The lowest BCUT2D eigenvalue weighted by Gasteiger charge is -2.34. The monoisotopic (exact) mass is 385 g/mol. The first-order valence-electron chi connectivity index (χ1n) is 7.65. The molecule has 0 unspecified atom stereocenters. The van der Waals surface area contributed by atoms with E-state index in [1.807, 2.05) is 0 Å². The van der Waals surface area contributed by atoms with Gasteiger partial charge in [0.15, 0.2) is 11.6 Å². The molecule has 0 N–H and O–H groups in total. The average molecular weight is 385 g/mol. The molecule has 1 aliphatic heterocycles. The third-order valence-electron chi connectivity index (χ3n) is 4.03. The van der Waals surface area contributed by atoms with Crippen LogP contribution in [0.4, 0.5) is 13.2 Å². The smallest absolute Gasteiger partial charge is 0.254 e. The molecule has 26 heavy (non-hydrogen) atoms. The molecule has 0 atom stereocenters. The molecule has 1 saturated heterocycles. The zero-order chi connectivity index (χ0) is 18.9. The normalized spacial score (nSPS) is 15.9. The average Bonchev–Trinajstić information content (AvgIpc) is 2.63. The van der Waals surface area contributed by atoms with Crippen LogP contribution in [0.3, 0.4) is 0 Å². The maximum atomic E-state index is 13.3. The molecule has 138 valence electrons. The van der Waals surface area contributed by atoms with Crippen LogP contribution in [-0.4, -0.2) is 54.7 Å². The Labute approximate surface area is 147 Å². The van der Waals surface area contributed by atoms with Gasteiger partial charge in [-0.2, -0.15) is 8.70 Å². The maximum absolute atomic E-state index is 13.3. The third-order valence-corrected chi connectivity index (χ3v) is 5.92. The fourth-order valence-corrected chi connectivity index (χ4v) is 4.07. The highest BCUT2D eigenvalue weighted by Crippen LogP contribution is 2.20. The summed E-state index contributed by atoms with van der Waals surface area (Å²) in [5.41, 5.74) is 0.120. The lowest BCUT2D eigenvalue weighted by molar-refractivity contribution is 0.0697. The number of nitrogens with zero attached hydrogens (tertiary/aromatic N) is 3. The van der Waals surface area contributed by atoms with Crippen molar-refractivity contribution in [3.63, 3.8) is 0 Å². The highest BCUT2D eigenvalue weighted by Gasteiger charge is 2.31. The standard InChI is InChI=1S/C16H14F3N3O3S/c17-13-2-1-12(10-14(13)18)26(24,25)22-7-5-21(6-8-22)16(23)11-3-4-20-15(19)9-11/h1-4,9-10H,5-8H2. The predicted octanol–water partition coefficient (Wildman–Crippen LogP) is 1.65. The highest BCUT2D eigenvalue weighted by atomic mass is 32.2. The summed E-state index contributed by atoms with van der Waals surface area (Å²) in [6.45, 7) is 0.151. The molecule has 1 aromatic carbocycles. The van der Waals surface area contributed by atoms with Crippen LogP contribution in [-0.2, 0) is 10.0 Å². The molecule has 1 amide bonds. The number of hydrogen-bond donors (Lipinski definition) is 0. The number of rotatable bonds is 3. The Hall–Kier alpha value is -2.46. The summed E-state index contributed by atoms with van der Waals surface area (Å²) in [6, 6.07) is 4.75. The number of sulfonamides is 1. The van der Waals surface area contributed by atoms with Crippen molar-refractivity contribution in [2.75, 3.05) is 26.2 Å². The van der Waals surface area contributed by atoms with Crippen LogP contribution in [0.1, 0.15) is 10.4 Å². The fraction of sp³-hybridized carbons (Fsp3) is 0.250. The first-order chi connectivity index (χ1) is 12.3. The molecule has 0 radical (unpaired) electrons. The quantitative estimate of drug-likeness (QED) is 0.754. The second-order valence-corrected chi connectivity index (χ2v) is 7.58. The molecule has 1 aliphatic rings. The molecule has 1 aromatic heterocycles. The van der Waals surface area contributed by atoms with Gasteiger partial charge in [-0.1, -0.05) is 0 Å².